The van der Waals surface area contributed by atoms with Gasteiger partial charge in [-0.2, -0.15) is 0 Å². The first-order chi connectivity index (χ1) is 8.70. The molecular weight excluding hydrogens is 353 g/mol. The first-order valence-corrected chi connectivity index (χ1v) is 8.20. The fraction of sp³-hybridized carbons (Fsp3) is 0.308. The van der Waals surface area contributed by atoms with E-state index in [9.17, 15) is 0 Å². The molecule has 0 aliphatic carbocycles. The van der Waals surface area contributed by atoms with Gasteiger partial charge in [-0.1, -0.05) is 28.1 Å². The van der Waals surface area contributed by atoms with Gasteiger partial charge in [0.2, 0.25) is 0 Å². The van der Waals surface area contributed by atoms with Gasteiger partial charge in [-0.15, -0.1) is 34.5 Å². The Kier molecular flexibility index (Phi) is 5.07. The van der Waals surface area contributed by atoms with Crippen LogP contribution >= 0.6 is 50.5 Å². The van der Waals surface area contributed by atoms with Crippen molar-refractivity contribution in [1.82, 2.24) is 4.98 Å². The third-order valence-electron chi connectivity index (χ3n) is 2.94. The minimum absolute atomic E-state index is 0.237. The van der Waals surface area contributed by atoms with Gasteiger partial charge >= 0.3 is 0 Å². The zero-order valence-corrected chi connectivity index (χ0v) is 13.5. The standard InChI is InChI=1S/C13H12BrCl2NS/c14-11-3-1-2-10(4-11)13(7-15,8-16)5-12-6-17-9-18-12/h1-4,6,9H,5,7-8H2. The van der Waals surface area contributed by atoms with Crippen molar-refractivity contribution in [2.24, 2.45) is 0 Å². The summed E-state index contributed by atoms with van der Waals surface area (Å²) in [6.07, 6.45) is 2.71. The summed E-state index contributed by atoms with van der Waals surface area (Å²) < 4.78 is 1.05. The Hall–Kier alpha value is -0.0900. The first kappa shape index (κ1) is 14.3. The summed E-state index contributed by atoms with van der Waals surface area (Å²) in [5.74, 6) is 0.982. The zero-order valence-electron chi connectivity index (χ0n) is 9.57. The molecule has 18 heavy (non-hydrogen) atoms. The summed E-state index contributed by atoms with van der Waals surface area (Å²) in [6, 6.07) is 8.19. The number of aromatic nitrogens is 1. The number of thiazole rings is 1. The van der Waals surface area contributed by atoms with Crippen LogP contribution in [0.2, 0.25) is 0 Å². The fourth-order valence-electron chi connectivity index (χ4n) is 1.87. The van der Waals surface area contributed by atoms with Gasteiger partial charge in [-0.25, -0.2) is 0 Å². The van der Waals surface area contributed by atoms with E-state index in [1.807, 2.05) is 23.8 Å². The van der Waals surface area contributed by atoms with Crippen LogP contribution in [0, 0.1) is 0 Å². The number of rotatable bonds is 5. The van der Waals surface area contributed by atoms with Crippen molar-refractivity contribution in [3.8, 4) is 0 Å². The lowest BCUT2D eigenvalue weighted by Crippen LogP contribution is -2.33. The Morgan fingerprint density at radius 2 is 2.06 bits per heavy atom. The lowest BCUT2D eigenvalue weighted by molar-refractivity contribution is 0.540. The maximum absolute atomic E-state index is 6.21. The highest BCUT2D eigenvalue weighted by Crippen LogP contribution is 2.33. The molecule has 0 unspecified atom stereocenters. The number of nitrogens with zero attached hydrogens (tertiary/aromatic N) is 1. The van der Waals surface area contributed by atoms with E-state index in [-0.39, 0.29) is 5.41 Å². The predicted octanol–water partition coefficient (Wildman–Crippen LogP) is 4.86. The molecule has 0 N–H and O–H groups in total. The van der Waals surface area contributed by atoms with Crippen molar-refractivity contribution >= 4 is 50.5 Å². The fourth-order valence-corrected chi connectivity index (χ4v) is 3.79. The molecule has 1 nitrogen and oxygen atoms in total. The van der Waals surface area contributed by atoms with Crippen LogP contribution in [0.25, 0.3) is 0 Å². The topological polar surface area (TPSA) is 12.9 Å². The van der Waals surface area contributed by atoms with Gasteiger partial charge in [0.15, 0.2) is 0 Å². The first-order valence-electron chi connectivity index (χ1n) is 5.45. The summed E-state index contributed by atoms with van der Waals surface area (Å²) in [4.78, 5) is 5.31. The van der Waals surface area contributed by atoms with E-state index in [4.69, 9.17) is 23.2 Å². The van der Waals surface area contributed by atoms with E-state index in [1.54, 1.807) is 11.3 Å². The molecule has 2 aromatic rings. The van der Waals surface area contributed by atoms with Crippen LogP contribution < -0.4 is 0 Å². The molecule has 0 saturated heterocycles. The number of benzene rings is 1. The lowest BCUT2D eigenvalue weighted by Gasteiger charge is -2.29. The second kappa shape index (κ2) is 6.38. The van der Waals surface area contributed by atoms with E-state index in [2.05, 4.69) is 33.0 Å². The molecule has 0 atom stereocenters. The molecule has 0 radical (unpaired) electrons. The molecule has 1 heterocycles. The van der Waals surface area contributed by atoms with Crippen molar-refractivity contribution in [2.75, 3.05) is 11.8 Å². The van der Waals surface area contributed by atoms with Crippen molar-refractivity contribution < 1.29 is 0 Å². The van der Waals surface area contributed by atoms with E-state index in [1.165, 1.54) is 4.88 Å². The molecule has 5 heteroatoms. The maximum atomic E-state index is 6.21. The van der Waals surface area contributed by atoms with E-state index >= 15 is 0 Å². The largest absolute Gasteiger partial charge is 0.253 e. The SMILES string of the molecule is ClCC(CCl)(Cc1cncs1)c1cccc(Br)c1. The molecule has 1 aromatic carbocycles. The van der Waals surface area contributed by atoms with Gasteiger partial charge in [-0.05, 0) is 24.1 Å². The Morgan fingerprint density at radius 1 is 1.28 bits per heavy atom. The summed E-state index contributed by atoms with van der Waals surface area (Å²) in [7, 11) is 0. The van der Waals surface area contributed by atoms with Gasteiger partial charge in [0.25, 0.3) is 0 Å². The van der Waals surface area contributed by atoms with Crippen LogP contribution in [0.1, 0.15) is 10.4 Å². The van der Waals surface area contributed by atoms with Crippen LogP contribution in [-0.4, -0.2) is 16.7 Å². The number of alkyl halides is 2. The normalized spacial score (nSPS) is 11.7. The van der Waals surface area contributed by atoms with Gasteiger partial charge in [-0.3, -0.25) is 4.98 Å². The highest BCUT2D eigenvalue weighted by atomic mass is 79.9. The number of hydrogen-bond acceptors (Lipinski definition) is 2. The molecule has 0 aliphatic heterocycles. The minimum atomic E-state index is -0.237. The van der Waals surface area contributed by atoms with Crippen LogP contribution in [0.4, 0.5) is 0 Å². The van der Waals surface area contributed by atoms with E-state index in [0.29, 0.717) is 11.8 Å². The van der Waals surface area contributed by atoms with Crippen LogP contribution in [0.3, 0.4) is 0 Å². The van der Waals surface area contributed by atoms with Gasteiger partial charge in [0.05, 0.1) is 5.51 Å². The molecule has 0 bridgehead atoms. The number of hydrogen-bond donors (Lipinski definition) is 0. The Labute approximate surface area is 129 Å². The second-order valence-corrected chi connectivity index (χ2v) is 6.62. The smallest absolute Gasteiger partial charge is 0.0794 e. The lowest BCUT2D eigenvalue weighted by atomic mass is 9.81. The van der Waals surface area contributed by atoms with Gasteiger partial charge in [0, 0.05) is 32.7 Å². The Balaban J connectivity index is 2.37. The molecule has 0 spiro atoms. The number of halogens is 3. The monoisotopic (exact) mass is 363 g/mol. The average molecular weight is 365 g/mol. The summed E-state index contributed by atoms with van der Waals surface area (Å²) in [5, 5.41) is 0. The highest BCUT2D eigenvalue weighted by Gasteiger charge is 2.31. The molecule has 2 rings (SSSR count). The second-order valence-electron chi connectivity index (χ2n) is 4.20. The summed E-state index contributed by atoms with van der Waals surface area (Å²) in [5.41, 5.74) is 2.76. The van der Waals surface area contributed by atoms with Crippen molar-refractivity contribution in [2.45, 2.75) is 11.8 Å². The maximum Gasteiger partial charge on any atom is 0.0794 e. The molecular formula is C13H12BrCl2NS. The van der Waals surface area contributed by atoms with Gasteiger partial charge in [0.1, 0.15) is 0 Å². The van der Waals surface area contributed by atoms with Gasteiger partial charge < -0.3 is 0 Å². The van der Waals surface area contributed by atoms with Crippen molar-refractivity contribution in [1.29, 1.82) is 0 Å². The Bertz CT molecular complexity index is 497. The molecule has 0 fully saturated rings. The summed E-state index contributed by atoms with van der Waals surface area (Å²) in [6.45, 7) is 0. The highest BCUT2D eigenvalue weighted by molar-refractivity contribution is 9.10. The molecule has 96 valence electrons. The van der Waals surface area contributed by atoms with Crippen LogP contribution in [0.5, 0.6) is 0 Å². The molecule has 0 aliphatic rings. The van der Waals surface area contributed by atoms with Crippen LogP contribution in [-0.2, 0) is 11.8 Å². The molecule has 0 saturated carbocycles. The molecule has 0 amide bonds. The minimum Gasteiger partial charge on any atom is -0.253 e. The van der Waals surface area contributed by atoms with E-state index in [0.717, 1.165) is 16.5 Å². The third kappa shape index (κ3) is 3.08. The van der Waals surface area contributed by atoms with E-state index < -0.39 is 0 Å². The average Bonchev–Trinajstić information content (AvgIpc) is 2.89. The summed E-state index contributed by atoms with van der Waals surface area (Å²) >= 11 is 17.6. The quantitative estimate of drug-likeness (QED) is 0.690. The zero-order chi connectivity index (χ0) is 13.0. The van der Waals surface area contributed by atoms with Crippen molar-refractivity contribution in [3.05, 3.63) is 50.9 Å². The van der Waals surface area contributed by atoms with Crippen LogP contribution in [0.15, 0.2) is 40.4 Å². The Morgan fingerprint density at radius 3 is 2.61 bits per heavy atom. The third-order valence-corrected chi connectivity index (χ3v) is 5.24. The van der Waals surface area contributed by atoms with Crippen molar-refractivity contribution in [3.63, 3.8) is 0 Å². The predicted molar refractivity (Wildman–Crippen MR) is 83.1 cm³/mol. The molecule has 1 aromatic heterocycles.